The van der Waals surface area contributed by atoms with Gasteiger partial charge in [-0.25, -0.2) is 0 Å². The van der Waals surface area contributed by atoms with E-state index in [4.69, 9.17) is 10.8 Å². The van der Waals surface area contributed by atoms with Crippen LogP contribution in [0.3, 0.4) is 0 Å². The average molecular weight is 599 g/mol. The Hall–Kier alpha value is -3.22. The Morgan fingerprint density at radius 3 is 1.19 bits per heavy atom. The highest BCUT2D eigenvalue weighted by molar-refractivity contribution is 5.96. The fraction of sp³-hybridized carbons (Fsp3) is 0.793. The third-order valence-corrected chi connectivity index (χ3v) is 6.41. The molecule has 5 amide bonds. The molecule has 0 aliphatic rings. The second kappa shape index (κ2) is 18.3. The molecule has 0 saturated heterocycles. The topological polar surface area (TPSA) is 209 Å². The maximum absolute atomic E-state index is 13.5. The van der Waals surface area contributed by atoms with Crippen molar-refractivity contribution in [1.29, 1.82) is 0 Å². The molecule has 8 N–H and O–H groups in total. The van der Waals surface area contributed by atoms with Crippen molar-refractivity contribution in [2.45, 2.75) is 125 Å². The molecule has 13 heteroatoms. The highest BCUT2D eigenvalue weighted by Gasteiger charge is 2.34. The summed E-state index contributed by atoms with van der Waals surface area (Å²) in [5.74, 6) is -4.40. The largest absolute Gasteiger partial charge is 0.480 e. The molecule has 0 heterocycles. The highest BCUT2D eigenvalue weighted by Crippen LogP contribution is 2.12. The molecule has 0 rings (SSSR count). The molecule has 0 aromatic heterocycles. The molecule has 242 valence electrons. The molecule has 0 saturated carbocycles. The second-order valence-electron chi connectivity index (χ2n) is 12.7. The summed E-state index contributed by atoms with van der Waals surface area (Å²) in [6.07, 6.45) is 0.849. The summed E-state index contributed by atoms with van der Waals surface area (Å²) in [5, 5.41) is 22.3. The summed E-state index contributed by atoms with van der Waals surface area (Å²) in [6, 6.07) is -5.94. The minimum absolute atomic E-state index is 0.000411. The Morgan fingerprint density at radius 1 is 0.524 bits per heavy atom. The van der Waals surface area contributed by atoms with Gasteiger partial charge in [-0.3, -0.25) is 28.8 Å². The van der Waals surface area contributed by atoms with E-state index >= 15 is 0 Å². The first-order valence-corrected chi connectivity index (χ1v) is 14.8. The quantitative estimate of drug-likeness (QED) is 0.119. The van der Waals surface area contributed by atoms with Crippen LogP contribution in [0.15, 0.2) is 0 Å². The fourth-order valence-corrected chi connectivity index (χ4v) is 4.11. The molecule has 0 aromatic rings. The first-order valence-electron chi connectivity index (χ1n) is 14.8. The first-order chi connectivity index (χ1) is 19.3. The summed E-state index contributed by atoms with van der Waals surface area (Å²) < 4.78 is 0. The van der Waals surface area contributed by atoms with Crippen LogP contribution in [0.4, 0.5) is 0 Å². The van der Waals surface area contributed by atoms with Gasteiger partial charge in [0.05, 0.1) is 6.04 Å². The molecule has 0 aliphatic heterocycles. The molecular formula is C29H54N6O7. The van der Waals surface area contributed by atoms with Gasteiger partial charge in [0.1, 0.15) is 30.2 Å². The van der Waals surface area contributed by atoms with Gasteiger partial charge in [0.2, 0.25) is 29.5 Å². The van der Waals surface area contributed by atoms with E-state index in [9.17, 15) is 28.8 Å². The number of carbonyl (C=O) groups is 6. The van der Waals surface area contributed by atoms with Crippen molar-refractivity contribution >= 4 is 35.5 Å². The number of hydrogen-bond donors (Lipinski definition) is 7. The van der Waals surface area contributed by atoms with Gasteiger partial charge in [-0.2, -0.15) is 0 Å². The fourth-order valence-electron chi connectivity index (χ4n) is 4.11. The maximum Gasteiger partial charge on any atom is 0.325 e. The van der Waals surface area contributed by atoms with E-state index in [2.05, 4.69) is 26.6 Å². The van der Waals surface area contributed by atoms with Crippen LogP contribution in [0.25, 0.3) is 0 Å². The zero-order chi connectivity index (χ0) is 32.9. The van der Waals surface area contributed by atoms with Crippen LogP contribution in [0, 0.1) is 23.7 Å². The van der Waals surface area contributed by atoms with Crippen molar-refractivity contribution in [1.82, 2.24) is 26.6 Å². The molecule has 6 unspecified atom stereocenters. The second-order valence-corrected chi connectivity index (χ2v) is 12.7. The van der Waals surface area contributed by atoms with Crippen molar-refractivity contribution < 1.29 is 33.9 Å². The van der Waals surface area contributed by atoms with E-state index in [1.807, 2.05) is 41.5 Å². The van der Waals surface area contributed by atoms with Crippen LogP contribution in [-0.2, 0) is 28.8 Å². The Bertz CT molecular complexity index is 935. The van der Waals surface area contributed by atoms with Gasteiger partial charge in [-0.15, -0.1) is 0 Å². The van der Waals surface area contributed by atoms with Crippen LogP contribution in [0.2, 0.25) is 0 Å². The summed E-state index contributed by atoms with van der Waals surface area (Å²) in [7, 11) is 0. The van der Waals surface area contributed by atoms with Crippen LogP contribution in [-0.4, -0.2) is 76.9 Å². The Balaban J connectivity index is 5.90. The van der Waals surface area contributed by atoms with Gasteiger partial charge in [-0.05, 0) is 56.8 Å². The molecule has 0 fully saturated rings. The number of rotatable bonds is 18. The predicted octanol–water partition coefficient (Wildman–Crippen LogP) is 0.656. The molecular weight excluding hydrogens is 544 g/mol. The summed E-state index contributed by atoms with van der Waals surface area (Å²) in [5.41, 5.74) is 5.66. The molecule has 0 spiro atoms. The van der Waals surface area contributed by atoms with E-state index in [0.717, 1.165) is 0 Å². The standard InChI is InChI=1S/C29H54N6O7/c1-14(2)11-20(25(37)31-19(10)29(41)42)34-28(40)23(17(7)8)35-27(39)22(13-16(5)6)33-26(38)21(12-15(3)4)32-24(36)18(9)30/h14-23H,11-13,30H2,1-10H3,(H,31,37)(H,32,36)(H,33,38)(H,34,40)(H,35,39)(H,41,42). The van der Waals surface area contributed by atoms with Crippen molar-refractivity contribution in [3.63, 3.8) is 0 Å². The van der Waals surface area contributed by atoms with E-state index in [1.54, 1.807) is 13.8 Å². The number of nitrogens with two attached hydrogens (primary N) is 1. The van der Waals surface area contributed by atoms with Gasteiger partial charge in [-0.1, -0.05) is 55.4 Å². The highest BCUT2D eigenvalue weighted by atomic mass is 16.4. The number of hydrogen-bond acceptors (Lipinski definition) is 7. The number of nitrogens with one attached hydrogen (secondary N) is 5. The summed E-state index contributed by atoms with van der Waals surface area (Å²) in [6.45, 7) is 17.6. The van der Waals surface area contributed by atoms with E-state index in [-0.39, 0.29) is 36.5 Å². The van der Waals surface area contributed by atoms with Gasteiger partial charge >= 0.3 is 5.97 Å². The van der Waals surface area contributed by atoms with Gasteiger partial charge in [0.25, 0.3) is 0 Å². The lowest BCUT2D eigenvalue weighted by molar-refractivity contribution is -0.142. The van der Waals surface area contributed by atoms with Crippen LogP contribution in [0.5, 0.6) is 0 Å². The van der Waals surface area contributed by atoms with Crippen LogP contribution < -0.4 is 32.3 Å². The average Bonchev–Trinajstić information content (AvgIpc) is 2.84. The maximum atomic E-state index is 13.5. The van der Waals surface area contributed by atoms with E-state index in [0.29, 0.717) is 6.42 Å². The lowest BCUT2D eigenvalue weighted by Gasteiger charge is -2.29. The van der Waals surface area contributed by atoms with Crippen molar-refractivity contribution in [3.05, 3.63) is 0 Å². The molecule has 0 aliphatic carbocycles. The molecule has 0 bridgehead atoms. The number of carbonyl (C=O) groups excluding carboxylic acids is 5. The Kier molecular flexibility index (Phi) is 16.9. The number of aliphatic carboxylic acids is 1. The van der Waals surface area contributed by atoms with E-state index < -0.39 is 71.8 Å². The molecule has 6 atom stereocenters. The molecule has 0 aromatic carbocycles. The lowest BCUT2D eigenvalue weighted by Crippen LogP contribution is -2.60. The molecule has 42 heavy (non-hydrogen) atoms. The minimum Gasteiger partial charge on any atom is -0.480 e. The van der Waals surface area contributed by atoms with Crippen LogP contribution in [0.1, 0.15) is 88.5 Å². The zero-order valence-electron chi connectivity index (χ0n) is 26.9. The Labute approximate surface area is 250 Å². The lowest BCUT2D eigenvalue weighted by atomic mass is 9.97. The van der Waals surface area contributed by atoms with Gasteiger partial charge < -0.3 is 37.4 Å². The zero-order valence-corrected chi connectivity index (χ0v) is 26.9. The SMILES string of the molecule is CC(C)CC(NC(=O)C(C)N)C(=O)NC(CC(C)C)C(=O)NC(C(=O)NC(CC(C)C)C(=O)NC(C)C(=O)O)C(C)C. The predicted molar refractivity (Wildman–Crippen MR) is 160 cm³/mol. The number of carboxylic acid groups (broad SMARTS) is 1. The van der Waals surface area contributed by atoms with Crippen molar-refractivity contribution in [3.8, 4) is 0 Å². The molecule has 0 radical (unpaired) electrons. The summed E-state index contributed by atoms with van der Waals surface area (Å²) >= 11 is 0. The molecule has 13 nitrogen and oxygen atoms in total. The monoisotopic (exact) mass is 598 g/mol. The Morgan fingerprint density at radius 2 is 0.857 bits per heavy atom. The van der Waals surface area contributed by atoms with Crippen molar-refractivity contribution in [2.24, 2.45) is 29.4 Å². The normalized spacial score (nSPS) is 15.8. The van der Waals surface area contributed by atoms with E-state index in [1.165, 1.54) is 13.8 Å². The van der Waals surface area contributed by atoms with Crippen LogP contribution >= 0.6 is 0 Å². The third-order valence-electron chi connectivity index (χ3n) is 6.41. The third kappa shape index (κ3) is 14.6. The first kappa shape index (κ1) is 38.8. The minimum atomic E-state index is -1.21. The van der Waals surface area contributed by atoms with Gasteiger partial charge in [0, 0.05) is 0 Å². The number of carboxylic acids is 1. The smallest absolute Gasteiger partial charge is 0.325 e. The number of amides is 5. The van der Waals surface area contributed by atoms with Crippen molar-refractivity contribution in [2.75, 3.05) is 0 Å². The van der Waals surface area contributed by atoms with Gasteiger partial charge in [0.15, 0.2) is 0 Å². The summed E-state index contributed by atoms with van der Waals surface area (Å²) in [4.78, 5) is 76.3.